The molecular formula is C25H24BrFN6O4. The summed E-state index contributed by atoms with van der Waals surface area (Å²) >= 11 is 3.30. The van der Waals surface area contributed by atoms with Crippen molar-refractivity contribution in [3.8, 4) is 11.8 Å². The lowest BCUT2D eigenvalue weighted by Gasteiger charge is -2.24. The average molecular weight is 571 g/mol. The number of hydrogen-bond donors (Lipinski definition) is 0. The Balaban J connectivity index is 1.94. The number of aryl methyl sites for hydroxylation is 1. The van der Waals surface area contributed by atoms with Crippen molar-refractivity contribution in [3.05, 3.63) is 69.3 Å². The topological polar surface area (TPSA) is 121 Å². The van der Waals surface area contributed by atoms with Crippen LogP contribution in [0.15, 0.2) is 41.0 Å². The third-order valence-electron chi connectivity index (χ3n) is 5.42. The lowest BCUT2D eigenvalue weighted by Crippen LogP contribution is -2.34. The van der Waals surface area contributed by atoms with Crippen LogP contribution >= 0.6 is 15.9 Å². The van der Waals surface area contributed by atoms with E-state index >= 15 is 0 Å². The molecule has 192 valence electrons. The summed E-state index contributed by atoms with van der Waals surface area (Å²) in [5.74, 6) is -2.05. The number of carbonyl (C=O) groups excluding carboxylic acids is 3. The van der Waals surface area contributed by atoms with Crippen LogP contribution in [-0.4, -0.2) is 44.4 Å². The Bertz CT molecular complexity index is 1400. The molecule has 0 fully saturated rings. The highest BCUT2D eigenvalue weighted by Crippen LogP contribution is 2.34. The van der Waals surface area contributed by atoms with E-state index in [2.05, 4.69) is 26.0 Å². The van der Waals surface area contributed by atoms with Crippen molar-refractivity contribution in [2.75, 3.05) is 11.9 Å². The molecule has 1 aromatic carbocycles. The number of anilines is 1. The summed E-state index contributed by atoms with van der Waals surface area (Å²) in [7, 11) is 3.20. The molecule has 0 aliphatic heterocycles. The standard InChI is InChI=1S/C25H24BrFN6O4/c1-14(37-23-8-17(26)12-29-24(23)33(15(2)34)16(3)35)22-9-18(27)6-7-21(22)25(36)31(4)13-19-10-20(11-28)32(5)30-19/h6-10,12,14H,13H2,1-5H3/t14-/m1/s1. The molecule has 3 amide bonds. The molecule has 3 aromatic rings. The maximum absolute atomic E-state index is 14.3. The second kappa shape index (κ2) is 11.3. The van der Waals surface area contributed by atoms with Gasteiger partial charge in [-0.25, -0.2) is 14.3 Å². The number of pyridine rings is 1. The minimum atomic E-state index is -0.876. The smallest absolute Gasteiger partial charge is 0.254 e. The SMILES string of the molecule is CC(=O)N(C(C)=O)c1ncc(Br)cc1O[C@H](C)c1cc(F)ccc1C(=O)N(C)Cc1cc(C#N)n(C)n1. The number of imide groups is 1. The van der Waals surface area contributed by atoms with Gasteiger partial charge in [-0.2, -0.15) is 10.4 Å². The Labute approximate surface area is 221 Å². The first-order valence-electron chi connectivity index (χ1n) is 11.0. The number of ether oxygens (including phenoxy) is 1. The zero-order chi connectivity index (χ0) is 27.4. The van der Waals surface area contributed by atoms with Crippen molar-refractivity contribution in [1.29, 1.82) is 5.26 Å². The van der Waals surface area contributed by atoms with Crippen molar-refractivity contribution >= 4 is 39.5 Å². The Morgan fingerprint density at radius 1 is 1.22 bits per heavy atom. The highest BCUT2D eigenvalue weighted by molar-refractivity contribution is 9.10. The zero-order valence-electron chi connectivity index (χ0n) is 20.8. The van der Waals surface area contributed by atoms with E-state index in [4.69, 9.17) is 10.00 Å². The molecule has 12 heteroatoms. The summed E-state index contributed by atoms with van der Waals surface area (Å²) in [4.78, 5) is 44.0. The molecule has 3 rings (SSSR count). The van der Waals surface area contributed by atoms with E-state index in [9.17, 15) is 18.8 Å². The van der Waals surface area contributed by atoms with Crippen LogP contribution in [0, 0.1) is 17.1 Å². The number of carbonyl (C=O) groups is 3. The quantitative estimate of drug-likeness (QED) is 0.422. The molecule has 0 saturated heterocycles. The van der Waals surface area contributed by atoms with Crippen LogP contribution in [-0.2, 0) is 23.2 Å². The van der Waals surface area contributed by atoms with Crippen molar-refractivity contribution in [2.45, 2.75) is 33.4 Å². The number of amides is 3. The van der Waals surface area contributed by atoms with Gasteiger partial charge in [-0.15, -0.1) is 0 Å². The fourth-order valence-corrected chi connectivity index (χ4v) is 4.05. The Kier molecular flexibility index (Phi) is 8.39. The largest absolute Gasteiger partial charge is 0.482 e. The number of nitriles is 1. The van der Waals surface area contributed by atoms with Crippen molar-refractivity contribution in [1.82, 2.24) is 19.7 Å². The summed E-state index contributed by atoms with van der Waals surface area (Å²) in [6.45, 7) is 4.17. The predicted molar refractivity (Wildman–Crippen MR) is 135 cm³/mol. The molecule has 0 spiro atoms. The molecule has 2 heterocycles. The van der Waals surface area contributed by atoms with Gasteiger partial charge in [-0.05, 0) is 53.2 Å². The lowest BCUT2D eigenvalue weighted by molar-refractivity contribution is -0.124. The van der Waals surface area contributed by atoms with Crippen molar-refractivity contribution in [3.63, 3.8) is 0 Å². The van der Waals surface area contributed by atoms with Crippen LogP contribution in [0.2, 0.25) is 0 Å². The minimum Gasteiger partial charge on any atom is -0.482 e. The van der Waals surface area contributed by atoms with Crippen LogP contribution in [0.5, 0.6) is 5.75 Å². The highest BCUT2D eigenvalue weighted by atomic mass is 79.9. The van der Waals surface area contributed by atoms with Gasteiger partial charge in [0.25, 0.3) is 5.91 Å². The number of nitrogens with zero attached hydrogens (tertiary/aromatic N) is 6. The summed E-state index contributed by atoms with van der Waals surface area (Å²) < 4.78 is 22.3. The summed E-state index contributed by atoms with van der Waals surface area (Å²) in [6, 6.07) is 8.85. The van der Waals surface area contributed by atoms with Gasteiger partial charge in [0.2, 0.25) is 11.8 Å². The van der Waals surface area contributed by atoms with Gasteiger partial charge in [0.1, 0.15) is 23.7 Å². The van der Waals surface area contributed by atoms with E-state index in [1.807, 2.05) is 6.07 Å². The van der Waals surface area contributed by atoms with Crippen LogP contribution in [0.1, 0.15) is 54.2 Å². The number of hydrogen-bond acceptors (Lipinski definition) is 7. The van der Waals surface area contributed by atoms with E-state index in [0.29, 0.717) is 15.9 Å². The third kappa shape index (κ3) is 6.18. The summed E-state index contributed by atoms with van der Waals surface area (Å²) in [6.07, 6.45) is 0.534. The van der Waals surface area contributed by atoms with E-state index in [1.165, 1.54) is 53.9 Å². The normalized spacial score (nSPS) is 11.4. The van der Waals surface area contributed by atoms with Gasteiger partial charge >= 0.3 is 0 Å². The van der Waals surface area contributed by atoms with Gasteiger partial charge < -0.3 is 9.64 Å². The molecule has 0 aliphatic carbocycles. The number of halogens is 2. The van der Waals surface area contributed by atoms with Crippen LogP contribution in [0.25, 0.3) is 0 Å². The fraction of sp³-hybridized carbons (Fsp3) is 0.280. The predicted octanol–water partition coefficient (Wildman–Crippen LogP) is 3.90. The minimum absolute atomic E-state index is 0.0279. The molecule has 0 N–H and O–H groups in total. The first-order valence-corrected chi connectivity index (χ1v) is 11.8. The fourth-order valence-electron chi connectivity index (χ4n) is 3.74. The first kappa shape index (κ1) is 27.5. The second-order valence-corrected chi connectivity index (χ2v) is 9.17. The second-order valence-electron chi connectivity index (χ2n) is 8.26. The van der Waals surface area contributed by atoms with Crippen molar-refractivity contribution in [2.24, 2.45) is 7.05 Å². The molecule has 0 bridgehead atoms. The van der Waals surface area contributed by atoms with Gasteiger partial charge in [0.15, 0.2) is 11.6 Å². The van der Waals surface area contributed by atoms with E-state index < -0.39 is 29.6 Å². The molecule has 0 radical (unpaired) electrons. The van der Waals surface area contributed by atoms with E-state index in [1.54, 1.807) is 27.1 Å². The zero-order valence-corrected chi connectivity index (χ0v) is 22.4. The number of rotatable bonds is 7. The van der Waals surface area contributed by atoms with E-state index in [0.717, 1.165) is 4.90 Å². The van der Waals surface area contributed by atoms with Crippen molar-refractivity contribution < 1.29 is 23.5 Å². The monoisotopic (exact) mass is 570 g/mol. The van der Waals surface area contributed by atoms with Gasteiger partial charge in [-0.3, -0.25) is 19.1 Å². The van der Waals surface area contributed by atoms with E-state index in [-0.39, 0.29) is 29.2 Å². The molecule has 2 aromatic heterocycles. The van der Waals surface area contributed by atoms with Gasteiger partial charge in [0, 0.05) is 49.7 Å². The molecular weight excluding hydrogens is 547 g/mol. The Morgan fingerprint density at radius 2 is 1.89 bits per heavy atom. The molecule has 0 saturated carbocycles. The van der Waals surface area contributed by atoms with Gasteiger partial charge in [-0.1, -0.05) is 0 Å². The molecule has 1 atom stereocenters. The van der Waals surface area contributed by atoms with Gasteiger partial charge in [0.05, 0.1) is 12.2 Å². The number of aromatic nitrogens is 3. The lowest BCUT2D eigenvalue weighted by atomic mass is 10.0. The Morgan fingerprint density at radius 3 is 2.49 bits per heavy atom. The maximum atomic E-state index is 14.3. The van der Waals surface area contributed by atoms with Crippen LogP contribution in [0.4, 0.5) is 10.2 Å². The maximum Gasteiger partial charge on any atom is 0.254 e. The Hall–Kier alpha value is -4.11. The summed E-state index contributed by atoms with van der Waals surface area (Å²) in [5.41, 5.74) is 1.30. The first-order chi connectivity index (χ1) is 17.4. The number of benzene rings is 1. The molecule has 0 unspecified atom stereocenters. The average Bonchev–Trinajstić information content (AvgIpc) is 3.18. The highest BCUT2D eigenvalue weighted by Gasteiger charge is 2.26. The third-order valence-corrected chi connectivity index (χ3v) is 5.85. The molecule has 0 aliphatic rings. The van der Waals surface area contributed by atoms with Crippen LogP contribution in [0.3, 0.4) is 0 Å². The molecule has 37 heavy (non-hydrogen) atoms. The molecule has 10 nitrogen and oxygen atoms in total. The van der Waals surface area contributed by atoms with Crippen LogP contribution < -0.4 is 9.64 Å². The summed E-state index contributed by atoms with van der Waals surface area (Å²) in [5, 5.41) is 13.4.